The Kier molecular flexibility index (Phi) is 6.61. The summed E-state index contributed by atoms with van der Waals surface area (Å²) in [5, 5.41) is 14.7. The maximum absolute atomic E-state index is 13.3. The van der Waals surface area contributed by atoms with E-state index in [1.165, 1.54) is 23.9 Å². The van der Waals surface area contributed by atoms with E-state index in [4.69, 9.17) is 0 Å². The van der Waals surface area contributed by atoms with Gasteiger partial charge in [-0.2, -0.15) is 0 Å². The first-order valence-electron chi connectivity index (χ1n) is 10.1. The molecule has 2 N–H and O–H groups in total. The molecule has 1 saturated carbocycles. The van der Waals surface area contributed by atoms with Crippen LogP contribution in [0.5, 0.6) is 0 Å². The molecule has 1 aliphatic carbocycles. The van der Waals surface area contributed by atoms with Crippen LogP contribution in [0, 0.1) is 11.7 Å². The molecule has 1 aliphatic rings. The van der Waals surface area contributed by atoms with E-state index >= 15 is 0 Å². The Labute approximate surface area is 183 Å². The number of carbonyl (C=O) groups is 2. The van der Waals surface area contributed by atoms with Crippen LogP contribution in [0.25, 0.3) is 17.1 Å². The van der Waals surface area contributed by atoms with Crippen LogP contribution in [0.1, 0.15) is 12.8 Å². The van der Waals surface area contributed by atoms with Gasteiger partial charge in [0.1, 0.15) is 5.82 Å². The molecule has 0 unspecified atom stereocenters. The van der Waals surface area contributed by atoms with Crippen molar-refractivity contribution in [2.75, 3.05) is 18.8 Å². The van der Waals surface area contributed by atoms with Gasteiger partial charge in [0.05, 0.1) is 5.75 Å². The van der Waals surface area contributed by atoms with E-state index in [0.29, 0.717) is 24.1 Å². The summed E-state index contributed by atoms with van der Waals surface area (Å²) in [5.74, 6) is 0.465. The summed E-state index contributed by atoms with van der Waals surface area (Å²) in [6.07, 6.45) is 1.91. The number of aromatic nitrogens is 3. The van der Waals surface area contributed by atoms with Crippen LogP contribution in [0.4, 0.5) is 4.39 Å². The van der Waals surface area contributed by atoms with Crippen molar-refractivity contribution < 1.29 is 14.0 Å². The van der Waals surface area contributed by atoms with Crippen LogP contribution in [0.3, 0.4) is 0 Å². The topological polar surface area (TPSA) is 88.9 Å². The Hall–Kier alpha value is -3.20. The number of thioether (sulfide) groups is 1. The second kappa shape index (κ2) is 9.74. The zero-order valence-corrected chi connectivity index (χ0v) is 17.6. The Bertz CT molecular complexity index is 1050. The summed E-state index contributed by atoms with van der Waals surface area (Å²) < 4.78 is 15.2. The molecule has 0 atom stereocenters. The summed E-state index contributed by atoms with van der Waals surface area (Å²) in [4.78, 5) is 23.8. The molecule has 3 aromatic rings. The molecule has 1 aromatic heterocycles. The number of halogens is 1. The van der Waals surface area contributed by atoms with Crippen molar-refractivity contribution in [1.82, 2.24) is 25.4 Å². The van der Waals surface area contributed by atoms with Crippen molar-refractivity contribution in [3.63, 3.8) is 0 Å². The van der Waals surface area contributed by atoms with Gasteiger partial charge in [-0.3, -0.25) is 14.2 Å². The fourth-order valence-corrected chi connectivity index (χ4v) is 3.80. The molecule has 160 valence electrons. The van der Waals surface area contributed by atoms with Crippen molar-refractivity contribution in [3.8, 4) is 17.1 Å². The van der Waals surface area contributed by atoms with Gasteiger partial charge >= 0.3 is 0 Å². The molecule has 1 fully saturated rings. The molecule has 2 amide bonds. The largest absolute Gasteiger partial charge is 0.354 e. The molecule has 31 heavy (non-hydrogen) atoms. The molecule has 0 saturated heterocycles. The summed E-state index contributed by atoms with van der Waals surface area (Å²) in [7, 11) is 0. The smallest absolute Gasteiger partial charge is 0.230 e. The van der Waals surface area contributed by atoms with Gasteiger partial charge in [0, 0.05) is 30.3 Å². The van der Waals surface area contributed by atoms with Crippen molar-refractivity contribution >= 4 is 23.6 Å². The predicted octanol–water partition coefficient (Wildman–Crippen LogP) is 2.81. The first-order valence-corrected chi connectivity index (χ1v) is 11.0. The lowest BCUT2D eigenvalue weighted by Gasteiger charge is -2.10. The minimum Gasteiger partial charge on any atom is -0.354 e. The summed E-state index contributed by atoms with van der Waals surface area (Å²) in [6.45, 7) is 0.796. The Morgan fingerprint density at radius 2 is 1.71 bits per heavy atom. The number of nitrogens with zero attached hydrogens (tertiary/aromatic N) is 3. The van der Waals surface area contributed by atoms with E-state index in [1.54, 1.807) is 12.1 Å². The monoisotopic (exact) mass is 439 g/mol. The Morgan fingerprint density at radius 1 is 1.00 bits per heavy atom. The maximum Gasteiger partial charge on any atom is 0.230 e. The lowest BCUT2D eigenvalue weighted by atomic mass is 10.2. The highest BCUT2D eigenvalue weighted by atomic mass is 32.2. The van der Waals surface area contributed by atoms with E-state index in [-0.39, 0.29) is 29.3 Å². The third-order valence-corrected chi connectivity index (χ3v) is 5.71. The van der Waals surface area contributed by atoms with Crippen LogP contribution in [0.2, 0.25) is 0 Å². The van der Waals surface area contributed by atoms with Gasteiger partial charge < -0.3 is 10.6 Å². The van der Waals surface area contributed by atoms with Gasteiger partial charge in [0.15, 0.2) is 11.0 Å². The third-order valence-electron chi connectivity index (χ3n) is 4.78. The van der Waals surface area contributed by atoms with Crippen LogP contribution in [-0.4, -0.2) is 45.4 Å². The predicted molar refractivity (Wildman–Crippen MR) is 116 cm³/mol. The van der Waals surface area contributed by atoms with Crippen molar-refractivity contribution in [3.05, 3.63) is 60.4 Å². The normalized spacial score (nSPS) is 13.1. The van der Waals surface area contributed by atoms with E-state index in [2.05, 4.69) is 20.8 Å². The zero-order chi connectivity index (χ0) is 21.6. The quantitative estimate of drug-likeness (QED) is 0.395. The third kappa shape index (κ3) is 5.49. The van der Waals surface area contributed by atoms with Crippen LogP contribution in [0.15, 0.2) is 59.8 Å². The highest BCUT2D eigenvalue weighted by Crippen LogP contribution is 2.29. The zero-order valence-electron chi connectivity index (χ0n) is 16.8. The average molecular weight is 440 g/mol. The van der Waals surface area contributed by atoms with Gasteiger partial charge in [0.25, 0.3) is 0 Å². The highest BCUT2D eigenvalue weighted by molar-refractivity contribution is 7.99. The average Bonchev–Trinajstić information content (AvgIpc) is 3.56. The molecule has 0 aliphatic heterocycles. The van der Waals surface area contributed by atoms with Gasteiger partial charge in [-0.15, -0.1) is 10.2 Å². The standard InChI is InChI=1S/C22H22FN5O2S/c23-17-10-8-15(9-11-17)20-26-27-22(28(20)18-4-2-1-3-5-18)31-14-19(29)24-12-13-25-21(30)16-6-7-16/h1-5,8-11,16H,6-7,12-14H2,(H,24,29)(H,25,30). The minimum absolute atomic E-state index is 0.0629. The van der Waals surface area contributed by atoms with Crippen molar-refractivity contribution in [1.29, 1.82) is 0 Å². The SMILES string of the molecule is O=C(CSc1nnc(-c2ccc(F)cc2)n1-c1ccccc1)NCCNC(=O)C1CC1. The molecule has 1 heterocycles. The number of hydrogen-bond acceptors (Lipinski definition) is 5. The molecule has 4 rings (SSSR count). The number of rotatable bonds is 9. The maximum atomic E-state index is 13.3. The fraction of sp³-hybridized carbons (Fsp3) is 0.273. The first kappa shape index (κ1) is 21.0. The second-order valence-corrected chi connectivity index (χ2v) is 8.13. The Morgan fingerprint density at radius 3 is 2.42 bits per heavy atom. The molecule has 0 spiro atoms. The van der Waals surface area contributed by atoms with Crippen LogP contribution >= 0.6 is 11.8 Å². The number of nitrogens with one attached hydrogen (secondary N) is 2. The molecule has 0 bridgehead atoms. The molecule has 0 radical (unpaired) electrons. The fourth-order valence-electron chi connectivity index (χ4n) is 3.02. The van der Waals surface area contributed by atoms with Gasteiger partial charge in [-0.25, -0.2) is 4.39 Å². The van der Waals surface area contributed by atoms with Crippen molar-refractivity contribution in [2.24, 2.45) is 5.92 Å². The van der Waals surface area contributed by atoms with Crippen LogP contribution < -0.4 is 10.6 Å². The van der Waals surface area contributed by atoms with E-state index < -0.39 is 0 Å². The van der Waals surface area contributed by atoms with E-state index in [0.717, 1.165) is 24.1 Å². The number of benzene rings is 2. The highest BCUT2D eigenvalue weighted by Gasteiger charge is 2.29. The van der Waals surface area contributed by atoms with Crippen molar-refractivity contribution in [2.45, 2.75) is 18.0 Å². The minimum atomic E-state index is -0.325. The van der Waals surface area contributed by atoms with E-state index in [1.807, 2.05) is 34.9 Å². The number of amides is 2. The van der Waals surface area contributed by atoms with Gasteiger partial charge in [0.2, 0.25) is 11.8 Å². The number of para-hydroxylation sites is 1. The molecular weight excluding hydrogens is 417 g/mol. The van der Waals surface area contributed by atoms with E-state index in [9.17, 15) is 14.0 Å². The summed E-state index contributed by atoms with van der Waals surface area (Å²) in [5.41, 5.74) is 1.57. The summed E-state index contributed by atoms with van der Waals surface area (Å²) >= 11 is 1.26. The lowest BCUT2D eigenvalue weighted by Crippen LogP contribution is -2.36. The van der Waals surface area contributed by atoms with Gasteiger partial charge in [-0.05, 0) is 49.2 Å². The molecular formula is C22H22FN5O2S. The second-order valence-electron chi connectivity index (χ2n) is 7.19. The summed E-state index contributed by atoms with van der Waals surface area (Å²) in [6, 6.07) is 15.6. The number of carbonyl (C=O) groups excluding carboxylic acids is 2. The first-order chi connectivity index (χ1) is 15.1. The Balaban J connectivity index is 1.41. The lowest BCUT2D eigenvalue weighted by molar-refractivity contribution is -0.123. The van der Waals surface area contributed by atoms with Crippen LogP contribution in [-0.2, 0) is 9.59 Å². The molecule has 2 aromatic carbocycles. The molecule has 7 nitrogen and oxygen atoms in total. The molecule has 9 heteroatoms. The number of hydrogen-bond donors (Lipinski definition) is 2. The van der Waals surface area contributed by atoms with Gasteiger partial charge in [-0.1, -0.05) is 30.0 Å².